The van der Waals surface area contributed by atoms with Gasteiger partial charge in [-0.05, 0) is 73.5 Å². The molecule has 1 aliphatic rings. The van der Waals surface area contributed by atoms with Crippen molar-refractivity contribution in [2.24, 2.45) is 0 Å². The molecular formula is C24H28N2O3. The Hall–Kier alpha value is -2.79. The zero-order valence-electron chi connectivity index (χ0n) is 17.1. The lowest BCUT2D eigenvalue weighted by Gasteiger charge is -2.26. The molecule has 0 radical (unpaired) electrons. The number of benzene rings is 2. The summed E-state index contributed by atoms with van der Waals surface area (Å²) in [5.41, 5.74) is 1.01. The molecule has 29 heavy (non-hydrogen) atoms. The number of ether oxygens (including phenoxy) is 1. The topological polar surface area (TPSA) is 54.7 Å². The summed E-state index contributed by atoms with van der Waals surface area (Å²) in [4.78, 5) is 15.3. The van der Waals surface area contributed by atoms with Gasteiger partial charge in [0.05, 0.1) is 25.3 Å². The Balaban J connectivity index is 1.45. The van der Waals surface area contributed by atoms with Crippen molar-refractivity contribution < 1.29 is 13.9 Å². The molecule has 5 heteroatoms. The SMILES string of the molecule is COc1ccc2cc([C@H](C)C(=O)NC[C@H](c3ccco3)N3CCCC3)ccc2c1. The van der Waals surface area contributed by atoms with Gasteiger partial charge in [0, 0.05) is 6.54 Å². The third kappa shape index (κ3) is 4.30. The van der Waals surface area contributed by atoms with Crippen LogP contribution in [0.5, 0.6) is 5.75 Å². The number of likely N-dealkylation sites (tertiary alicyclic amines) is 1. The van der Waals surface area contributed by atoms with Crippen LogP contribution in [0, 0.1) is 0 Å². The van der Waals surface area contributed by atoms with E-state index < -0.39 is 0 Å². The van der Waals surface area contributed by atoms with Crippen LogP contribution >= 0.6 is 0 Å². The van der Waals surface area contributed by atoms with E-state index in [-0.39, 0.29) is 17.9 Å². The number of rotatable bonds is 7. The van der Waals surface area contributed by atoms with Crippen LogP contribution in [-0.2, 0) is 4.79 Å². The molecule has 2 aromatic carbocycles. The maximum Gasteiger partial charge on any atom is 0.227 e. The summed E-state index contributed by atoms with van der Waals surface area (Å²) in [6.45, 7) is 4.61. The zero-order valence-corrected chi connectivity index (χ0v) is 17.1. The molecule has 1 N–H and O–H groups in total. The Kier molecular flexibility index (Phi) is 5.86. The Morgan fingerprint density at radius 2 is 1.90 bits per heavy atom. The monoisotopic (exact) mass is 392 g/mol. The second kappa shape index (κ2) is 8.70. The Bertz CT molecular complexity index is 961. The number of carbonyl (C=O) groups is 1. The standard InChI is InChI=1S/C24H28N2O3/c1-17(18-7-8-20-15-21(28-2)10-9-19(20)14-18)24(27)25-16-22(23-6-5-13-29-23)26-11-3-4-12-26/h5-10,13-15,17,22H,3-4,11-12,16H2,1-2H3,(H,25,27)/t17-,22+/m0/s1. The predicted octanol–water partition coefficient (Wildman–Crippen LogP) is 4.50. The lowest BCUT2D eigenvalue weighted by molar-refractivity contribution is -0.122. The number of hydrogen-bond acceptors (Lipinski definition) is 4. The zero-order chi connectivity index (χ0) is 20.2. The van der Waals surface area contributed by atoms with Gasteiger partial charge in [0.2, 0.25) is 5.91 Å². The van der Waals surface area contributed by atoms with Crippen molar-refractivity contribution in [2.45, 2.75) is 31.7 Å². The van der Waals surface area contributed by atoms with Crippen LogP contribution < -0.4 is 10.1 Å². The fourth-order valence-corrected chi connectivity index (χ4v) is 4.08. The highest BCUT2D eigenvalue weighted by Crippen LogP contribution is 2.27. The van der Waals surface area contributed by atoms with E-state index in [4.69, 9.17) is 9.15 Å². The summed E-state index contributed by atoms with van der Waals surface area (Å²) in [5.74, 6) is 1.56. The van der Waals surface area contributed by atoms with Crippen LogP contribution in [0.1, 0.15) is 43.0 Å². The molecule has 0 bridgehead atoms. The van der Waals surface area contributed by atoms with Crippen molar-refractivity contribution in [3.63, 3.8) is 0 Å². The minimum atomic E-state index is -0.225. The fraction of sp³-hybridized carbons (Fsp3) is 0.375. The summed E-state index contributed by atoms with van der Waals surface area (Å²) in [6.07, 6.45) is 4.10. The highest BCUT2D eigenvalue weighted by atomic mass is 16.5. The van der Waals surface area contributed by atoms with Gasteiger partial charge in [-0.1, -0.05) is 24.3 Å². The number of methoxy groups -OCH3 is 1. The Morgan fingerprint density at radius 1 is 1.14 bits per heavy atom. The number of nitrogens with one attached hydrogen (secondary N) is 1. The number of carbonyl (C=O) groups excluding carboxylic acids is 1. The maximum atomic E-state index is 12.9. The van der Waals surface area contributed by atoms with Crippen molar-refractivity contribution in [3.05, 3.63) is 66.1 Å². The average molecular weight is 392 g/mol. The highest BCUT2D eigenvalue weighted by Gasteiger charge is 2.26. The van der Waals surface area contributed by atoms with Gasteiger partial charge >= 0.3 is 0 Å². The first-order valence-electron chi connectivity index (χ1n) is 10.3. The van der Waals surface area contributed by atoms with Gasteiger partial charge < -0.3 is 14.5 Å². The highest BCUT2D eigenvalue weighted by molar-refractivity contribution is 5.88. The molecule has 2 heterocycles. The first kappa shape index (κ1) is 19.5. The van der Waals surface area contributed by atoms with E-state index in [0.717, 1.165) is 40.9 Å². The quantitative estimate of drug-likeness (QED) is 0.643. The molecular weight excluding hydrogens is 364 g/mol. The van der Waals surface area contributed by atoms with Crippen LogP contribution in [0.2, 0.25) is 0 Å². The fourth-order valence-electron chi connectivity index (χ4n) is 4.08. The molecule has 2 atom stereocenters. The van der Waals surface area contributed by atoms with E-state index in [1.165, 1.54) is 12.8 Å². The minimum absolute atomic E-state index is 0.0358. The molecule has 1 saturated heterocycles. The minimum Gasteiger partial charge on any atom is -0.497 e. The average Bonchev–Trinajstić information content (AvgIpc) is 3.47. The van der Waals surface area contributed by atoms with Crippen molar-refractivity contribution in [3.8, 4) is 5.75 Å². The smallest absolute Gasteiger partial charge is 0.227 e. The molecule has 0 saturated carbocycles. The van der Waals surface area contributed by atoms with E-state index in [9.17, 15) is 4.79 Å². The van der Waals surface area contributed by atoms with Gasteiger partial charge in [0.1, 0.15) is 11.5 Å². The van der Waals surface area contributed by atoms with Gasteiger partial charge in [-0.25, -0.2) is 0 Å². The third-order valence-corrected chi connectivity index (χ3v) is 5.89. The maximum absolute atomic E-state index is 12.9. The molecule has 5 nitrogen and oxygen atoms in total. The number of furan rings is 1. The van der Waals surface area contributed by atoms with Crippen LogP contribution in [0.3, 0.4) is 0 Å². The molecule has 1 fully saturated rings. The molecule has 0 aliphatic carbocycles. The third-order valence-electron chi connectivity index (χ3n) is 5.89. The van der Waals surface area contributed by atoms with E-state index >= 15 is 0 Å². The molecule has 0 spiro atoms. The van der Waals surface area contributed by atoms with Crippen LogP contribution in [-0.4, -0.2) is 37.6 Å². The van der Waals surface area contributed by atoms with Gasteiger partial charge in [0.15, 0.2) is 0 Å². The molecule has 1 amide bonds. The first-order chi connectivity index (χ1) is 14.2. The van der Waals surface area contributed by atoms with E-state index in [1.807, 2.05) is 49.4 Å². The Morgan fingerprint density at radius 3 is 2.62 bits per heavy atom. The first-order valence-corrected chi connectivity index (χ1v) is 10.3. The van der Waals surface area contributed by atoms with E-state index in [1.54, 1.807) is 13.4 Å². The summed E-state index contributed by atoms with van der Waals surface area (Å²) in [5, 5.41) is 5.36. The lowest BCUT2D eigenvalue weighted by Crippen LogP contribution is -2.38. The molecule has 1 aliphatic heterocycles. The van der Waals surface area contributed by atoms with Crippen molar-refractivity contribution in [1.82, 2.24) is 10.2 Å². The summed E-state index contributed by atoms with van der Waals surface area (Å²) >= 11 is 0. The summed E-state index contributed by atoms with van der Waals surface area (Å²) in [7, 11) is 1.67. The number of amides is 1. The van der Waals surface area contributed by atoms with Gasteiger partial charge in [0.25, 0.3) is 0 Å². The molecule has 3 aromatic rings. The molecule has 1 aromatic heterocycles. The number of nitrogens with zero attached hydrogens (tertiary/aromatic N) is 1. The van der Waals surface area contributed by atoms with Gasteiger partial charge in [-0.3, -0.25) is 9.69 Å². The van der Waals surface area contributed by atoms with Crippen LogP contribution in [0.25, 0.3) is 10.8 Å². The van der Waals surface area contributed by atoms with E-state index in [0.29, 0.717) is 6.54 Å². The largest absolute Gasteiger partial charge is 0.497 e. The van der Waals surface area contributed by atoms with Crippen molar-refractivity contribution >= 4 is 16.7 Å². The predicted molar refractivity (Wildman–Crippen MR) is 114 cm³/mol. The Labute approximate surface area is 171 Å². The van der Waals surface area contributed by atoms with E-state index in [2.05, 4.69) is 16.3 Å². The normalized spacial score (nSPS) is 16.6. The van der Waals surface area contributed by atoms with Gasteiger partial charge in [-0.15, -0.1) is 0 Å². The molecule has 0 unspecified atom stereocenters. The van der Waals surface area contributed by atoms with Crippen LogP contribution in [0.15, 0.2) is 59.2 Å². The van der Waals surface area contributed by atoms with Gasteiger partial charge in [-0.2, -0.15) is 0 Å². The lowest BCUT2D eigenvalue weighted by atomic mass is 9.97. The van der Waals surface area contributed by atoms with Crippen molar-refractivity contribution in [1.29, 1.82) is 0 Å². The molecule has 4 rings (SSSR count). The second-order valence-corrected chi connectivity index (χ2v) is 7.71. The number of fused-ring (bicyclic) bond motifs is 1. The second-order valence-electron chi connectivity index (χ2n) is 7.71. The summed E-state index contributed by atoms with van der Waals surface area (Å²) < 4.78 is 10.9. The number of hydrogen-bond donors (Lipinski definition) is 1. The van der Waals surface area contributed by atoms with Crippen LogP contribution in [0.4, 0.5) is 0 Å². The summed E-state index contributed by atoms with van der Waals surface area (Å²) in [6, 6.07) is 16.1. The molecule has 152 valence electrons. The van der Waals surface area contributed by atoms with Crippen molar-refractivity contribution in [2.75, 3.05) is 26.7 Å².